The lowest BCUT2D eigenvalue weighted by atomic mass is 10.2. The molecular formula is C25H25ClN10O. The molecule has 0 unspecified atom stereocenters. The Bertz CT molecular complexity index is 1380. The Balaban J connectivity index is 1.29. The molecule has 0 atom stereocenters. The Hall–Kier alpha value is -4.38. The molecule has 0 bridgehead atoms. The number of anilines is 5. The van der Waals surface area contributed by atoms with E-state index in [9.17, 15) is 4.79 Å². The molecule has 4 heterocycles. The molecule has 1 saturated heterocycles. The standard InChI is InChI=1S/C25H25ClN10O/c1-2-20-31-24(32-21-14-17(8-9-28-21)23(37)29-18-6-4-3-5-7-18)34-25(33-20)36-12-10-35(11-13-36)22-16-27-15-19(26)30-22/h3-9,14-16H,2,10-13H2,1H3,(H,29,37)(H,28,31,32,33,34). The maximum Gasteiger partial charge on any atom is 0.255 e. The first-order valence-electron chi connectivity index (χ1n) is 11.9. The van der Waals surface area contributed by atoms with Crippen molar-refractivity contribution in [1.29, 1.82) is 0 Å². The van der Waals surface area contributed by atoms with Crippen molar-refractivity contribution in [3.05, 3.63) is 77.6 Å². The van der Waals surface area contributed by atoms with E-state index >= 15 is 0 Å². The molecule has 1 amide bonds. The summed E-state index contributed by atoms with van der Waals surface area (Å²) < 4.78 is 0. The molecule has 12 heteroatoms. The van der Waals surface area contributed by atoms with Gasteiger partial charge in [-0.15, -0.1) is 0 Å². The number of rotatable bonds is 7. The van der Waals surface area contributed by atoms with Crippen molar-refractivity contribution in [2.45, 2.75) is 13.3 Å². The first kappa shape index (κ1) is 24.3. The maximum absolute atomic E-state index is 12.7. The zero-order valence-electron chi connectivity index (χ0n) is 20.2. The number of aromatic nitrogens is 6. The number of aryl methyl sites for hydroxylation is 1. The SMILES string of the molecule is CCc1nc(Nc2cc(C(=O)Nc3ccccc3)ccn2)nc(N2CCN(c3cncc(Cl)n3)CC2)n1. The van der Waals surface area contributed by atoms with E-state index in [1.807, 2.05) is 37.3 Å². The van der Waals surface area contributed by atoms with Gasteiger partial charge >= 0.3 is 0 Å². The van der Waals surface area contributed by atoms with Crippen molar-refractivity contribution >= 4 is 46.7 Å². The van der Waals surface area contributed by atoms with E-state index < -0.39 is 0 Å². The molecule has 0 radical (unpaired) electrons. The van der Waals surface area contributed by atoms with Crippen LogP contribution in [0.2, 0.25) is 5.15 Å². The van der Waals surface area contributed by atoms with Crippen LogP contribution in [0.1, 0.15) is 23.1 Å². The van der Waals surface area contributed by atoms with Crippen LogP contribution in [0.3, 0.4) is 0 Å². The number of para-hydroxylation sites is 1. The summed E-state index contributed by atoms with van der Waals surface area (Å²) in [6.45, 7) is 4.85. The molecule has 4 aromatic rings. The quantitative estimate of drug-likeness (QED) is 0.376. The topological polar surface area (TPSA) is 125 Å². The van der Waals surface area contributed by atoms with Crippen LogP contribution in [0, 0.1) is 0 Å². The largest absolute Gasteiger partial charge is 0.352 e. The first-order valence-corrected chi connectivity index (χ1v) is 12.3. The van der Waals surface area contributed by atoms with Crippen LogP contribution in [0.5, 0.6) is 0 Å². The summed E-state index contributed by atoms with van der Waals surface area (Å²) in [5.74, 6) is 2.60. The molecule has 1 aliphatic heterocycles. The molecule has 2 N–H and O–H groups in total. The number of pyridine rings is 1. The molecule has 1 fully saturated rings. The fourth-order valence-corrected chi connectivity index (χ4v) is 4.01. The van der Waals surface area contributed by atoms with E-state index in [2.05, 4.69) is 50.3 Å². The molecule has 188 valence electrons. The monoisotopic (exact) mass is 516 g/mol. The first-order chi connectivity index (χ1) is 18.1. The van der Waals surface area contributed by atoms with Crippen molar-refractivity contribution < 1.29 is 4.79 Å². The van der Waals surface area contributed by atoms with Gasteiger partial charge in [-0.2, -0.15) is 15.0 Å². The summed E-state index contributed by atoms with van der Waals surface area (Å²) in [6, 6.07) is 12.6. The summed E-state index contributed by atoms with van der Waals surface area (Å²) in [4.78, 5) is 43.5. The lowest BCUT2D eigenvalue weighted by Gasteiger charge is -2.35. The highest BCUT2D eigenvalue weighted by atomic mass is 35.5. The minimum atomic E-state index is -0.232. The molecule has 1 aromatic carbocycles. The molecule has 1 aliphatic rings. The van der Waals surface area contributed by atoms with Gasteiger partial charge in [0.1, 0.15) is 22.6 Å². The average Bonchev–Trinajstić information content (AvgIpc) is 2.93. The van der Waals surface area contributed by atoms with Gasteiger partial charge in [0.2, 0.25) is 11.9 Å². The highest BCUT2D eigenvalue weighted by molar-refractivity contribution is 6.29. The number of carbonyl (C=O) groups excluding carboxylic acids is 1. The summed E-state index contributed by atoms with van der Waals surface area (Å²) in [5, 5.41) is 6.38. The minimum absolute atomic E-state index is 0.232. The molecule has 0 saturated carbocycles. The van der Waals surface area contributed by atoms with E-state index in [0.29, 0.717) is 53.8 Å². The van der Waals surface area contributed by atoms with Crippen LogP contribution in [0.4, 0.5) is 29.2 Å². The maximum atomic E-state index is 12.7. The van der Waals surface area contributed by atoms with Gasteiger partial charge in [-0.05, 0) is 24.3 Å². The van der Waals surface area contributed by atoms with E-state index in [-0.39, 0.29) is 5.91 Å². The van der Waals surface area contributed by atoms with Gasteiger partial charge in [-0.1, -0.05) is 36.7 Å². The number of carbonyl (C=O) groups is 1. The van der Waals surface area contributed by atoms with E-state index in [1.165, 1.54) is 6.20 Å². The lowest BCUT2D eigenvalue weighted by Crippen LogP contribution is -2.47. The Morgan fingerprint density at radius 2 is 1.76 bits per heavy atom. The third-order valence-corrected chi connectivity index (χ3v) is 5.94. The van der Waals surface area contributed by atoms with E-state index in [0.717, 1.165) is 24.6 Å². The number of nitrogens with one attached hydrogen (secondary N) is 2. The Morgan fingerprint density at radius 1 is 0.973 bits per heavy atom. The zero-order chi connectivity index (χ0) is 25.6. The fraction of sp³-hybridized carbons (Fsp3) is 0.240. The Kier molecular flexibility index (Phi) is 7.31. The molecule has 11 nitrogen and oxygen atoms in total. The zero-order valence-corrected chi connectivity index (χ0v) is 20.9. The van der Waals surface area contributed by atoms with Gasteiger partial charge in [0.15, 0.2) is 0 Å². The van der Waals surface area contributed by atoms with Crippen LogP contribution in [0.25, 0.3) is 0 Å². The number of benzene rings is 1. The van der Waals surface area contributed by atoms with Crippen molar-refractivity contribution in [3.63, 3.8) is 0 Å². The van der Waals surface area contributed by atoms with Crippen LogP contribution in [0.15, 0.2) is 61.1 Å². The molecule has 5 rings (SSSR count). The van der Waals surface area contributed by atoms with Crippen LogP contribution in [-0.2, 0) is 6.42 Å². The van der Waals surface area contributed by atoms with Gasteiger partial charge in [0.05, 0.1) is 12.4 Å². The predicted molar refractivity (Wildman–Crippen MR) is 143 cm³/mol. The number of amides is 1. The third kappa shape index (κ3) is 6.07. The van der Waals surface area contributed by atoms with Crippen LogP contribution in [-0.4, -0.2) is 62.0 Å². The molecule has 37 heavy (non-hydrogen) atoms. The molecule has 3 aromatic heterocycles. The summed E-state index contributed by atoms with van der Waals surface area (Å²) in [5.41, 5.74) is 1.18. The third-order valence-electron chi connectivity index (χ3n) is 5.76. The fourth-order valence-electron chi connectivity index (χ4n) is 3.86. The van der Waals surface area contributed by atoms with Crippen molar-refractivity contribution in [2.24, 2.45) is 0 Å². The van der Waals surface area contributed by atoms with Crippen molar-refractivity contribution in [2.75, 3.05) is 46.6 Å². The number of piperazine rings is 1. The summed E-state index contributed by atoms with van der Waals surface area (Å²) in [6.07, 6.45) is 5.45. The van der Waals surface area contributed by atoms with Crippen molar-refractivity contribution in [3.8, 4) is 0 Å². The van der Waals surface area contributed by atoms with Gasteiger partial charge in [0, 0.05) is 50.0 Å². The number of hydrogen-bond acceptors (Lipinski definition) is 10. The normalized spacial score (nSPS) is 13.4. The second kappa shape index (κ2) is 11.1. The number of halogens is 1. The van der Waals surface area contributed by atoms with Crippen LogP contribution >= 0.6 is 11.6 Å². The van der Waals surface area contributed by atoms with Gasteiger partial charge in [0.25, 0.3) is 5.91 Å². The smallest absolute Gasteiger partial charge is 0.255 e. The highest BCUT2D eigenvalue weighted by Crippen LogP contribution is 2.20. The lowest BCUT2D eigenvalue weighted by molar-refractivity contribution is 0.102. The minimum Gasteiger partial charge on any atom is -0.352 e. The summed E-state index contributed by atoms with van der Waals surface area (Å²) in [7, 11) is 0. The second-order valence-electron chi connectivity index (χ2n) is 8.28. The van der Waals surface area contributed by atoms with Crippen molar-refractivity contribution in [1.82, 2.24) is 29.9 Å². The second-order valence-corrected chi connectivity index (χ2v) is 8.67. The van der Waals surface area contributed by atoms with E-state index in [1.54, 1.807) is 24.5 Å². The number of hydrogen-bond donors (Lipinski definition) is 2. The van der Waals surface area contributed by atoms with Gasteiger partial charge < -0.3 is 20.4 Å². The van der Waals surface area contributed by atoms with E-state index in [4.69, 9.17) is 11.6 Å². The van der Waals surface area contributed by atoms with Gasteiger partial charge in [-0.25, -0.2) is 9.97 Å². The van der Waals surface area contributed by atoms with Crippen LogP contribution < -0.4 is 20.4 Å². The molecule has 0 spiro atoms. The number of nitrogens with zero attached hydrogens (tertiary/aromatic N) is 8. The Labute approximate surface area is 219 Å². The predicted octanol–water partition coefficient (Wildman–Crippen LogP) is 3.59. The molecule has 0 aliphatic carbocycles. The summed E-state index contributed by atoms with van der Waals surface area (Å²) >= 11 is 6.00. The highest BCUT2D eigenvalue weighted by Gasteiger charge is 2.22. The van der Waals surface area contributed by atoms with Gasteiger partial charge in [-0.3, -0.25) is 9.78 Å². The molecular weight excluding hydrogens is 492 g/mol. The average molecular weight is 517 g/mol. The Morgan fingerprint density at radius 3 is 2.51 bits per heavy atom.